The van der Waals surface area contributed by atoms with Gasteiger partial charge in [0, 0.05) is 22.1 Å². The summed E-state index contributed by atoms with van der Waals surface area (Å²) in [6.07, 6.45) is 0. The van der Waals surface area contributed by atoms with Gasteiger partial charge in [-0.25, -0.2) is 0 Å². The normalized spacial score (nSPS) is 12.4. The van der Waals surface area contributed by atoms with Gasteiger partial charge in [-0.3, -0.25) is 0 Å². The Labute approximate surface area is 343 Å². The Morgan fingerprint density at radius 1 is 0.362 bits per heavy atom. The SMILES string of the molecule is [2H]c1c([2H])c(N(c2ccc(-c3ccc4ccccc4c3)cc2)c2cccc3oc4c5ccccc5ccc4c23)c([2H])c([2H])c1-c1ccc(-c2ccccc2)c(-c2ccccc2)c1. The van der Waals surface area contributed by atoms with E-state index in [0.717, 1.165) is 65.9 Å². The minimum atomic E-state index is -0.150. The first kappa shape index (κ1) is 29.6. The fourth-order valence-electron chi connectivity index (χ4n) is 8.27. The number of anilines is 3. The van der Waals surface area contributed by atoms with E-state index in [2.05, 4.69) is 91.0 Å². The van der Waals surface area contributed by atoms with Crippen LogP contribution in [0.15, 0.2) is 229 Å². The predicted molar refractivity (Wildman–Crippen MR) is 245 cm³/mol. The van der Waals surface area contributed by atoms with Crippen molar-refractivity contribution >= 4 is 60.5 Å². The molecule has 0 bridgehead atoms. The van der Waals surface area contributed by atoms with Gasteiger partial charge in [-0.1, -0.05) is 170 Å². The van der Waals surface area contributed by atoms with Crippen LogP contribution in [0, 0.1) is 0 Å². The van der Waals surface area contributed by atoms with Crippen LogP contribution in [0.1, 0.15) is 5.48 Å². The Morgan fingerprint density at radius 3 is 1.76 bits per heavy atom. The third kappa shape index (κ3) is 5.91. The summed E-state index contributed by atoms with van der Waals surface area (Å²) in [5, 5.41) is 6.07. The lowest BCUT2D eigenvalue weighted by atomic mass is 9.91. The molecule has 11 rings (SSSR count). The van der Waals surface area contributed by atoms with Gasteiger partial charge in [-0.15, -0.1) is 0 Å². The van der Waals surface area contributed by atoms with Gasteiger partial charge >= 0.3 is 0 Å². The first-order valence-corrected chi connectivity index (χ1v) is 19.5. The molecule has 272 valence electrons. The third-order valence-corrected chi connectivity index (χ3v) is 11.1. The van der Waals surface area contributed by atoms with E-state index < -0.39 is 0 Å². The summed E-state index contributed by atoms with van der Waals surface area (Å²) < 4.78 is 45.5. The highest BCUT2D eigenvalue weighted by Gasteiger charge is 2.21. The highest BCUT2D eigenvalue weighted by Crippen LogP contribution is 2.45. The molecule has 0 unspecified atom stereocenters. The number of hydrogen-bond donors (Lipinski definition) is 0. The number of nitrogens with zero attached hydrogens (tertiary/aromatic N) is 1. The Balaban J connectivity index is 1.12. The molecule has 0 aliphatic heterocycles. The summed E-state index contributed by atoms with van der Waals surface area (Å²) in [4.78, 5) is 1.87. The van der Waals surface area contributed by atoms with E-state index in [0.29, 0.717) is 22.5 Å². The molecule has 0 aliphatic rings. The van der Waals surface area contributed by atoms with E-state index in [9.17, 15) is 5.48 Å². The lowest BCUT2D eigenvalue weighted by Gasteiger charge is -2.26. The smallest absolute Gasteiger partial charge is 0.143 e. The summed E-state index contributed by atoms with van der Waals surface area (Å²) in [7, 11) is 0. The van der Waals surface area contributed by atoms with Crippen molar-refractivity contribution in [3.63, 3.8) is 0 Å². The number of hydrogen-bond acceptors (Lipinski definition) is 2. The van der Waals surface area contributed by atoms with Gasteiger partial charge in [0.25, 0.3) is 0 Å². The molecule has 58 heavy (non-hydrogen) atoms. The minimum Gasteiger partial charge on any atom is -0.455 e. The van der Waals surface area contributed by atoms with Crippen molar-refractivity contribution in [1.82, 2.24) is 0 Å². The molecule has 1 heterocycles. The van der Waals surface area contributed by atoms with Crippen molar-refractivity contribution in [3.8, 4) is 44.5 Å². The number of benzene rings is 10. The summed E-state index contributed by atoms with van der Waals surface area (Å²) in [5.74, 6) is 0. The summed E-state index contributed by atoms with van der Waals surface area (Å²) in [5.41, 5.74) is 9.84. The van der Waals surface area contributed by atoms with Crippen LogP contribution in [0.25, 0.3) is 88.0 Å². The molecule has 0 radical (unpaired) electrons. The molecule has 0 N–H and O–H groups in total. The first-order valence-electron chi connectivity index (χ1n) is 21.5. The van der Waals surface area contributed by atoms with Crippen LogP contribution in [0.2, 0.25) is 0 Å². The van der Waals surface area contributed by atoms with Crippen LogP contribution >= 0.6 is 0 Å². The van der Waals surface area contributed by atoms with Crippen molar-refractivity contribution in [3.05, 3.63) is 224 Å². The van der Waals surface area contributed by atoms with Crippen LogP contribution in [-0.2, 0) is 0 Å². The average Bonchev–Trinajstić information content (AvgIpc) is 3.73. The van der Waals surface area contributed by atoms with E-state index >= 15 is 0 Å². The molecule has 0 aliphatic carbocycles. The standard InChI is InChI=1S/C56H37NO/c1-3-13-41(14-4-1)49-34-29-46(37-52(49)42-15-5-2-6-16-42)40-26-32-48(33-27-40)57(47-30-24-39(25-31-47)45-23-22-38-12-7-8-18-44(38)36-45)53-20-11-21-54-55(53)51-35-28-43-17-9-10-19-50(43)56(51)58-54/h1-37H/i26D,27D,32D,33D. The fraction of sp³-hybridized carbons (Fsp3) is 0. The van der Waals surface area contributed by atoms with Crippen LogP contribution in [0.5, 0.6) is 0 Å². The Morgan fingerprint density at radius 2 is 0.983 bits per heavy atom. The Bertz CT molecular complexity index is 3480. The summed E-state index contributed by atoms with van der Waals surface area (Å²) in [6, 6.07) is 66.5. The van der Waals surface area contributed by atoms with E-state index in [1.807, 2.05) is 114 Å². The van der Waals surface area contributed by atoms with Crippen LogP contribution in [0.4, 0.5) is 17.1 Å². The lowest BCUT2D eigenvalue weighted by molar-refractivity contribution is 0.672. The summed E-state index contributed by atoms with van der Waals surface area (Å²) in [6.45, 7) is 0. The molecule has 0 saturated heterocycles. The van der Waals surface area contributed by atoms with Crippen molar-refractivity contribution < 1.29 is 9.90 Å². The predicted octanol–water partition coefficient (Wildman–Crippen LogP) is 16.0. The first-order chi connectivity index (χ1) is 30.4. The molecule has 2 heteroatoms. The minimum absolute atomic E-state index is 0.125. The highest BCUT2D eigenvalue weighted by atomic mass is 16.3. The van der Waals surface area contributed by atoms with Gasteiger partial charge in [-0.05, 0) is 115 Å². The summed E-state index contributed by atoms with van der Waals surface area (Å²) >= 11 is 0. The quantitative estimate of drug-likeness (QED) is 0.162. The van der Waals surface area contributed by atoms with Crippen LogP contribution < -0.4 is 4.90 Å². The second-order valence-electron chi connectivity index (χ2n) is 14.6. The zero-order valence-corrected chi connectivity index (χ0v) is 31.4. The van der Waals surface area contributed by atoms with Crippen LogP contribution in [0.3, 0.4) is 0 Å². The third-order valence-electron chi connectivity index (χ3n) is 11.1. The monoisotopic (exact) mass is 743 g/mol. The Hall–Kier alpha value is -7.68. The molecule has 0 atom stereocenters. The zero-order chi connectivity index (χ0) is 41.9. The van der Waals surface area contributed by atoms with Crippen molar-refractivity contribution in [2.45, 2.75) is 0 Å². The number of rotatable bonds is 7. The molecule has 2 nitrogen and oxygen atoms in total. The molecule has 0 saturated carbocycles. The van der Waals surface area contributed by atoms with Crippen molar-refractivity contribution in [2.75, 3.05) is 4.90 Å². The van der Waals surface area contributed by atoms with E-state index in [1.165, 1.54) is 5.39 Å². The second kappa shape index (κ2) is 14.1. The maximum atomic E-state index is 9.79. The van der Waals surface area contributed by atoms with Gasteiger partial charge in [0.05, 0.1) is 16.6 Å². The molecule has 10 aromatic carbocycles. The zero-order valence-electron chi connectivity index (χ0n) is 35.4. The number of fused-ring (bicyclic) bond motifs is 6. The Kier molecular flexibility index (Phi) is 7.20. The molecule has 0 amide bonds. The van der Waals surface area contributed by atoms with Gasteiger partial charge in [0.1, 0.15) is 11.2 Å². The van der Waals surface area contributed by atoms with E-state index in [4.69, 9.17) is 4.42 Å². The molecule has 11 aromatic rings. The van der Waals surface area contributed by atoms with Crippen LogP contribution in [-0.4, -0.2) is 0 Å². The van der Waals surface area contributed by atoms with Gasteiger partial charge < -0.3 is 9.32 Å². The van der Waals surface area contributed by atoms with Crippen molar-refractivity contribution in [2.24, 2.45) is 0 Å². The van der Waals surface area contributed by atoms with Gasteiger partial charge in [0.15, 0.2) is 0 Å². The largest absolute Gasteiger partial charge is 0.455 e. The molecular formula is C56H37NO. The molecule has 0 fully saturated rings. The molecule has 1 aromatic heterocycles. The number of furan rings is 1. The maximum Gasteiger partial charge on any atom is 0.143 e. The second-order valence-corrected chi connectivity index (χ2v) is 14.6. The molecule has 0 spiro atoms. The maximum absolute atomic E-state index is 9.79. The fourth-order valence-corrected chi connectivity index (χ4v) is 8.27. The average molecular weight is 744 g/mol. The topological polar surface area (TPSA) is 16.4 Å². The van der Waals surface area contributed by atoms with Gasteiger partial charge in [-0.2, -0.15) is 0 Å². The lowest BCUT2D eigenvalue weighted by Crippen LogP contribution is -2.10. The van der Waals surface area contributed by atoms with Crippen molar-refractivity contribution in [1.29, 1.82) is 0 Å². The van der Waals surface area contributed by atoms with Gasteiger partial charge in [0.2, 0.25) is 0 Å². The van der Waals surface area contributed by atoms with E-state index in [-0.39, 0.29) is 35.4 Å². The molecular weight excluding hydrogens is 703 g/mol. The van der Waals surface area contributed by atoms with E-state index in [1.54, 1.807) is 0 Å². The highest BCUT2D eigenvalue weighted by molar-refractivity contribution is 6.19.